The topological polar surface area (TPSA) is 101 Å². The van der Waals surface area contributed by atoms with Crippen molar-refractivity contribution in [1.29, 1.82) is 0 Å². The largest absolute Gasteiger partial charge is 0.325 e. The molecule has 1 unspecified atom stereocenters. The van der Waals surface area contributed by atoms with Crippen molar-refractivity contribution in [3.63, 3.8) is 0 Å². The zero-order valence-electron chi connectivity index (χ0n) is 17.9. The van der Waals surface area contributed by atoms with Gasteiger partial charge in [0.1, 0.15) is 0 Å². The predicted molar refractivity (Wildman–Crippen MR) is 127 cm³/mol. The maximum Gasteiger partial charge on any atom is 0.270 e. The number of rotatable bonds is 7. The number of hydrogen-bond acceptors (Lipinski definition) is 5. The van der Waals surface area contributed by atoms with E-state index in [2.05, 4.69) is 10.6 Å². The first-order chi connectivity index (χ1) is 15.2. The van der Waals surface area contributed by atoms with Crippen molar-refractivity contribution in [2.24, 2.45) is 0 Å². The molecule has 32 heavy (non-hydrogen) atoms. The van der Waals surface area contributed by atoms with Gasteiger partial charge >= 0.3 is 0 Å². The van der Waals surface area contributed by atoms with Crippen LogP contribution in [-0.4, -0.2) is 22.0 Å². The highest BCUT2D eigenvalue weighted by molar-refractivity contribution is 8.00. The lowest BCUT2D eigenvalue weighted by atomic mass is 10.1. The summed E-state index contributed by atoms with van der Waals surface area (Å²) in [6.45, 7) is 5.73. The van der Waals surface area contributed by atoms with Gasteiger partial charge in [0.25, 0.3) is 11.6 Å². The molecule has 0 aliphatic carbocycles. The number of hydrogen-bond donors (Lipinski definition) is 2. The number of thioether (sulfide) groups is 1. The fraction of sp³-hybridized carbons (Fsp3) is 0.167. The Labute approximate surface area is 190 Å². The van der Waals surface area contributed by atoms with Crippen LogP contribution in [0.2, 0.25) is 0 Å². The van der Waals surface area contributed by atoms with Crippen molar-refractivity contribution >= 4 is 40.6 Å². The number of nitro groups is 1. The quantitative estimate of drug-likeness (QED) is 0.278. The van der Waals surface area contributed by atoms with E-state index < -0.39 is 10.8 Å². The number of carbonyl (C=O) groups is 2. The lowest BCUT2D eigenvalue weighted by molar-refractivity contribution is -0.384. The van der Waals surface area contributed by atoms with Gasteiger partial charge in [0.05, 0.1) is 10.2 Å². The van der Waals surface area contributed by atoms with Crippen LogP contribution in [0.15, 0.2) is 71.6 Å². The molecular formula is C24H23N3O4S. The minimum Gasteiger partial charge on any atom is -0.325 e. The van der Waals surface area contributed by atoms with Gasteiger partial charge in [-0.05, 0) is 56.2 Å². The van der Waals surface area contributed by atoms with Crippen LogP contribution in [0, 0.1) is 24.0 Å². The Bertz CT molecular complexity index is 1160. The van der Waals surface area contributed by atoms with Crippen LogP contribution in [0.3, 0.4) is 0 Å². The molecule has 164 valence electrons. The van der Waals surface area contributed by atoms with Gasteiger partial charge in [0.2, 0.25) is 5.91 Å². The second kappa shape index (κ2) is 10.1. The molecule has 0 saturated carbocycles. The minimum absolute atomic E-state index is 0.113. The molecule has 0 radical (unpaired) electrons. The number of benzene rings is 3. The molecule has 2 amide bonds. The zero-order valence-corrected chi connectivity index (χ0v) is 18.7. The third-order valence-corrected chi connectivity index (χ3v) is 5.92. The van der Waals surface area contributed by atoms with Gasteiger partial charge in [-0.2, -0.15) is 0 Å². The van der Waals surface area contributed by atoms with E-state index in [1.165, 1.54) is 36.0 Å². The second-order valence-electron chi connectivity index (χ2n) is 7.31. The van der Waals surface area contributed by atoms with Crippen molar-refractivity contribution in [2.75, 3.05) is 10.6 Å². The Hall–Kier alpha value is -3.65. The maximum atomic E-state index is 12.7. The van der Waals surface area contributed by atoms with Gasteiger partial charge in [-0.25, -0.2) is 0 Å². The van der Waals surface area contributed by atoms with Crippen LogP contribution in [-0.2, 0) is 4.79 Å². The minimum atomic E-state index is -0.543. The number of amides is 2. The molecule has 0 aliphatic rings. The van der Waals surface area contributed by atoms with E-state index in [9.17, 15) is 19.7 Å². The first-order valence-electron chi connectivity index (χ1n) is 9.94. The first-order valence-corrected chi connectivity index (χ1v) is 10.8. The third kappa shape index (κ3) is 5.73. The molecule has 1 atom stereocenters. The summed E-state index contributed by atoms with van der Waals surface area (Å²) in [6.07, 6.45) is 0. The van der Waals surface area contributed by atoms with Crippen molar-refractivity contribution < 1.29 is 14.5 Å². The third-order valence-electron chi connectivity index (χ3n) is 4.82. The molecule has 0 bridgehead atoms. The van der Waals surface area contributed by atoms with Crippen molar-refractivity contribution in [1.82, 2.24) is 0 Å². The number of carbonyl (C=O) groups excluding carboxylic acids is 2. The van der Waals surface area contributed by atoms with Crippen molar-refractivity contribution in [2.45, 2.75) is 30.9 Å². The van der Waals surface area contributed by atoms with Crippen LogP contribution in [0.5, 0.6) is 0 Å². The maximum absolute atomic E-state index is 12.7. The number of aryl methyl sites for hydroxylation is 2. The molecule has 3 aromatic rings. The van der Waals surface area contributed by atoms with Crippen molar-refractivity contribution in [3.05, 3.63) is 93.5 Å². The van der Waals surface area contributed by atoms with E-state index in [1.807, 2.05) is 45.0 Å². The predicted octanol–water partition coefficient (Wildman–Crippen LogP) is 5.58. The SMILES string of the molecule is Cc1cccc(C)c1NC(=O)C(C)Sc1cccc(NC(=O)c2cccc([N+](=O)[O-])c2)c1. The second-order valence-corrected chi connectivity index (χ2v) is 8.72. The lowest BCUT2D eigenvalue weighted by Gasteiger charge is -2.16. The highest BCUT2D eigenvalue weighted by atomic mass is 32.2. The average Bonchev–Trinajstić information content (AvgIpc) is 2.76. The number of non-ortho nitro benzene ring substituents is 1. The molecule has 0 heterocycles. The average molecular weight is 450 g/mol. The van der Waals surface area contributed by atoms with Gasteiger partial charge < -0.3 is 10.6 Å². The van der Waals surface area contributed by atoms with Gasteiger partial charge in [-0.1, -0.05) is 30.3 Å². The number of nitrogens with one attached hydrogen (secondary N) is 2. The molecule has 3 rings (SSSR count). The Balaban J connectivity index is 1.66. The van der Waals surface area contributed by atoms with Crippen LogP contribution in [0.1, 0.15) is 28.4 Å². The van der Waals surface area contributed by atoms with E-state index in [0.29, 0.717) is 5.69 Å². The summed E-state index contributed by atoms with van der Waals surface area (Å²) in [5, 5.41) is 16.3. The summed E-state index contributed by atoms with van der Waals surface area (Å²) >= 11 is 1.37. The van der Waals surface area contributed by atoms with Crippen LogP contribution >= 0.6 is 11.8 Å². The molecule has 0 spiro atoms. The molecule has 8 heteroatoms. The normalized spacial score (nSPS) is 11.5. The van der Waals surface area contributed by atoms with Gasteiger partial charge in [0, 0.05) is 34.0 Å². The Morgan fingerprint density at radius 2 is 1.59 bits per heavy atom. The number of nitro benzene ring substituents is 1. The Morgan fingerprint density at radius 1 is 0.938 bits per heavy atom. The molecule has 0 saturated heterocycles. The summed E-state index contributed by atoms with van der Waals surface area (Å²) in [5.74, 6) is -0.560. The Morgan fingerprint density at radius 3 is 2.28 bits per heavy atom. The van der Waals surface area contributed by atoms with Crippen LogP contribution in [0.25, 0.3) is 0 Å². The van der Waals surface area contributed by atoms with E-state index in [1.54, 1.807) is 18.2 Å². The van der Waals surface area contributed by atoms with E-state index in [-0.39, 0.29) is 22.4 Å². The summed E-state index contributed by atoms with van der Waals surface area (Å²) in [5.41, 5.74) is 3.41. The van der Waals surface area contributed by atoms with Crippen molar-refractivity contribution in [3.8, 4) is 0 Å². The lowest BCUT2D eigenvalue weighted by Crippen LogP contribution is -2.23. The number of anilines is 2. The van der Waals surface area contributed by atoms with Gasteiger partial charge in [-0.3, -0.25) is 19.7 Å². The van der Waals surface area contributed by atoms with Gasteiger partial charge in [0.15, 0.2) is 0 Å². The fourth-order valence-corrected chi connectivity index (χ4v) is 4.03. The summed E-state index contributed by atoms with van der Waals surface area (Å²) in [4.78, 5) is 36.4. The summed E-state index contributed by atoms with van der Waals surface area (Å²) in [7, 11) is 0. The van der Waals surface area contributed by atoms with Crippen LogP contribution < -0.4 is 10.6 Å². The van der Waals surface area contributed by atoms with E-state index in [0.717, 1.165) is 21.7 Å². The summed E-state index contributed by atoms with van der Waals surface area (Å²) in [6, 6.07) is 18.5. The first kappa shape index (κ1) is 23.0. The van der Waals surface area contributed by atoms with Gasteiger partial charge in [-0.15, -0.1) is 11.8 Å². The molecule has 3 aromatic carbocycles. The number of nitrogens with zero attached hydrogens (tertiary/aromatic N) is 1. The Kier molecular flexibility index (Phi) is 7.27. The zero-order chi connectivity index (χ0) is 23.3. The van der Waals surface area contributed by atoms with Crippen LogP contribution in [0.4, 0.5) is 17.1 Å². The van der Waals surface area contributed by atoms with E-state index >= 15 is 0 Å². The molecule has 7 nitrogen and oxygen atoms in total. The standard InChI is InChI=1S/C24H23N3O4S/c1-15-7-4-8-16(2)22(15)26-23(28)17(3)32-21-12-6-10-19(14-21)25-24(29)18-9-5-11-20(13-18)27(30)31/h4-14,17H,1-3H3,(H,25,29)(H,26,28). The fourth-order valence-electron chi connectivity index (χ4n) is 3.11. The molecule has 2 N–H and O–H groups in total. The highest BCUT2D eigenvalue weighted by Gasteiger charge is 2.17. The number of para-hydroxylation sites is 1. The molecule has 0 aromatic heterocycles. The highest BCUT2D eigenvalue weighted by Crippen LogP contribution is 2.28. The smallest absolute Gasteiger partial charge is 0.270 e. The molecule has 0 fully saturated rings. The molecule has 0 aliphatic heterocycles. The van der Waals surface area contributed by atoms with E-state index in [4.69, 9.17) is 0 Å². The monoisotopic (exact) mass is 449 g/mol. The summed E-state index contributed by atoms with van der Waals surface area (Å²) < 4.78 is 0. The molecular weight excluding hydrogens is 426 g/mol.